The molecular weight excluding hydrogens is 452 g/mol. The Kier molecular flexibility index (Phi) is 5.77. The van der Waals surface area contributed by atoms with E-state index in [1.54, 1.807) is 0 Å². The molecule has 36 heavy (non-hydrogen) atoms. The van der Waals surface area contributed by atoms with Gasteiger partial charge in [0.15, 0.2) is 5.76 Å². The van der Waals surface area contributed by atoms with Crippen LogP contribution in [0.3, 0.4) is 0 Å². The molecule has 2 aliphatic rings. The molecule has 1 saturated carbocycles. The van der Waals surface area contributed by atoms with E-state index in [4.69, 9.17) is 19.2 Å². The Morgan fingerprint density at radius 1 is 1.00 bits per heavy atom. The lowest BCUT2D eigenvalue weighted by Crippen LogP contribution is -2.34. The SMILES string of the molecule is O=C(O)C1CC(CNc2nc(-c3ccc(Oc4ccccc4)cc3)c(-c3cccc4c3C=CC4)o2)C1. The van der Waals surface area contributed by atoms with Crippen LogP contribution < -0.4 is 10.1 Å². The summed E-state index contributed by atoms with van der Waals surface area (Å²) in [5.41, 5.74) is 5.13. The van der Waals surface area contributed by atoms with Crippen LogP contribution in [0.25, 0.3) is 28.7 Å². The van der Waals surface area contributed by atoms with Gasteiger partial charge in [-0.3, -0.25) is 4.79 Å². The van der Waals surface area contributed by atoms with E-state index in [1.807, 2.05) is 54.6 Å². The van der Waals surface area contributed by atoms with Gasteiger partial charge in [0.2, 0.25) is 0 Å². The highest BCUT2D eigenvalue weighted by Crippen LogP contribution is 2.40. The Bertz CT molecular complexity index is 1420. The smallest absolute Gasteiger partial charge is 0.306 e. The summed E-state index contributed by atoms with van der Waals surface area (Å²) >= 11 is 0. The Hall–Kier alpha value is -4.32. The summed E-state index contributed by atoms with van der Waals surface area (Å²) in [6.07, 6.45) is 6.58. The lowest BCUT2D eigenvalue weighted by Gasteiger charge is -2.31. The summed E-state index contributed by atoms with van der Waals surface area (Å²) in [7, 11) is 0. The van der Waals surface area contributed by atoms with Crippen LogP contribution in [0, 0.1) is 11.8 Å². The van der Waals surface area contributed by atoms with Crippen LogP contribution in [0.15, 0.2) is 83.3 Å². The zero-order chi connectivity index (χ0) is 24.5. The minimum atomic E-state index is -0.711. The lowest BCUT2D eigenvalue weighted by atomic mass is 9.75. The van der Waals surface area contributed by atoms with Crippen LogP contribution in [-0.4, -0.2) is 22.6 Å². The van der Waals surface area contributed by atoms with Crippen molar-refractivity contribution in [3.8, 4) is 34.1 Å². The maximum atomic E-state index is 11.1. The van der Waals surface area contributed by atoms with Gasteiger partial charge in [-0.05, 0) is 72.7 Å². The van der Waals surface area contributed by atoms with Crippen LogP contribution in [0.1, 0.15) is 24.0 Å². The van der Waals surface area contributed by atoms with Gasteiger partial charge in [-0.25, -0.2) is 0 Å². The van der Waals surface area contributed by atoms with Gasteiger partial charge in [-0.2, -0.15) is 4.98 Å². The molecule has 0 bridgehead atoms. The summed E-state index contributed by atoms with van der Waals surface area (Å²) < 4.78 is 12.2. The average molecular weight is 479 g/mol. The van der Waals surface area contributed by atoms with Crippen molar-refractivity contribution >= 4 is 18.1 Å². The fourth-order valence-electron chi connectivity index (χ4n) is 4.90. The summed E-state index contributed by atoms with van der Waals surface area (Å²) in [5.74, 6) is 1.61. The van der Waals surface area contributed by atoms with Crippen LogP contribution in [0.5, 0.6) is 11.5 Å². The van der Waals surface area contributed by atoms with E-state index in [9.17, 15) is 4.79 Å². The fraction of sp³-hybridized carbons (Fsp3) is 0.200. The van der Waals surface area contributed by atoms with Gasteiger partial charge >= 0.3 is 5.97 Å². The number of ether oxygens (including phenoxy) is 1. The minimum Gasteiger partial charge on any atom is -0.481 e. The van der Waals surface area contributed by atoms with Crippen molar-refractivity contribution in [2.45, 2.75) is 19.3 Å². The van der Waals surface area contributed by atoms with Crippen LogP contribution in [0.2, 0.25) is 0 Å². The van der Waals surface area contributed by atoms with Gasteiger partial charge in [0.25, 0.3) is 6.01 Å². The molecule has 2 aliphatic carbocycles. The molecule has 2 N–H and O–H groups in total. The normalized spacial score (nSPS) is 17.9. The molecule has 6 rings (SSSR count). The molecule has 0 saturated heterocycles. The van der Waals surface area contributed by atoms with Crippen molar-refractivity contribution in [3.63, 3.8) is 0 Å². The highest BCUT2D eigenvalue weighted by molar-refractivity contribution is 5.85. The van der Waals surface area contributed by atoms with E-state index < -0.39 is 5.97 Å². The molecule has 6 heteroatoms. The molecule has 0 radical (unpaired) electrons. The Morgan fingerprint density at radius 3 is 2.56 bits per heavy atom. The highest BCUT2D eigenvalue weighted by atomic mass is 16.5. The first-order valence-electron chi connectivity index (χ1n) is 12.2. The summed E-state index contributed by atoms with van der Waals surface area (Å²) in [6, 6.07) is 24.2. The standard InChI is InChI=1S/C30H26N2O4/c33-29(34)22-16-19(17-22)18-31-30-32-27(28(36-30)26-11-5-7-20-6-4-10-25(20)26)21-12-14-24(15-13-21)35-23-8-2-1-3-9-23/h1-5,7-15,19,22H,6,16-18H2,(H,31,32)(H,33,34). The number of rotatable bonds is 8. The number of anilines is 1. The number of hydrogen-bond donors (Lipinski definition) is 2. The molecule has 0 unspecified atom stereocenters. The minimum absolute atomic E-state index is 0.234. The maximum Gasteiger partial charge on any atom is 0.306 e. The third-order valence-electron chi connectivity index (χ3n) is 6.92. The third kappa shape index (κ3) is 4.38. The van der Waals surface area contributed by atoms with Crippen LogP contribution in [-0.2, 0) is 11.2 Å². The summed E-state index contributed by atoms with van der Waals surface area (Å²) in [4.78, 5) is 15.9. The van der Waals surface area contributed by atoms with E-state index in [1.165, 1.54) is 5.56 Å². The van der Waals surface area contributed by atoms with Crippen molar-refractivity contribution in [2.75, 3.05) is 11.9 Å². The first kappa shape index (κ1) is 22.2. The molecule has 1 heterocycles. The number of para-hydroxylation sites is 1. The Balaban J connectivity index is 1.29. The molecule has 0 atom stereocenters. The van der Waals surface area contributed by atoms with E-state index in [2.05, 4.69) is 35.7 Å². The third-order valence-corrected chi connectivity index (χ3v) is 6.92. The van der Waals surface area contributed by atoms with Crippen molar-refractivity contribution in [1.29, 1.82) is 0 Å². The summed E-state index contributed by atoms with van der Waals surface area (Å²) in [5, 5.41) is 12.4. The van der Waals surface area contributed by atoms with Crippen molar-refractivity contribution in [3.05, 3.63) is 90.0 Å². The molecule has 180 valence electrons. The zero-order valence-corrected chi connectivity index (χ0v) is 19.7. The number of allylic oxidation sites excluding steroid dienone is 1. The monoisotopic (exact) mass is 478 g/mol. The molecule has 6 nitrogen and oxygen atoms in total. The molecule has 0 amide bonds. The number of hydrogen-bond acceptors (Lipinski definition) is 5. The van der Waals surface area contributed by atoms with Gasteiger partial charge in [-0.1, -0.05) is 48.6 Å². The first-order valence-corrected chi connectivity index (χ1v) is 12.2. The number of carboxylic acids is 1. The average Bonchev–Trinajstić information content (AvgIpc) is 3.51. The number of fused-ring (bicyclic) bond motifs is 1. The quantitative estimate of drug-likeness (QED) is 0.287. The second-order valence-electron chi connectivity index (χ2n) is 9.37. The number of aromatic nitrogens is 1. The molecule has 1 aromatic heterocycles. The second kappa shape index (κ2) is 9.38. The molecular formula is C30H26N2O4. The Morgan fingerprint density at radius 2 is 1.78 bits per heavy atom. The van der Waals surface area contributed by atoms with Crippen molar-refractivity contribution in [1.82, 2.24) is 4.98 Å². The molecule has 0 spiro atoms. The van der Waals surface area contributed by atoms with E-state index in [0.717, 1.165) is 46.1 Å². The van der Waals surface area contributed by atoms with Gasteiger partial charge in [0.1, 0.15) is 17.2 Å². The number of nitrogens with one attached hydrogen (secondary N) is 1. The van der Waals surface area contributed by atoms with Gasteiger partial charge < -0.3 is 19.6 Å². The van der Waals surface area contributed by atoms with Crippen LogP contribution >= 0.6 is 0 Å². The number of carboxylic acid groups (broad SMARTS) is 1. The number of nitrogens with zero attached hydrogens (tertiary/aromatic N) is 1. The van der Waals surface area contributed by atoms with Crippen molar-refractivity contribution < 1.29 is 19.1 Å². The predicted molar refractivity (Wildman–Crippen MR) is 139 cm³/mol. The van der Waals surface area contributed by atoms with Gasteiger partial charge in [0.05, 0.1) is 5.92 Å². The van der Waals surface area contributed by atoms with Gasteiger partial charge in [-0.15, -0.1) is 0 Å². The fourth-order valence-corrected chi connectivity index (χ4v) is 4.90. The first-order chi connectivity index (χ1) is 17.6. The number of aliphatic carboxylic acids is 1. The topological polar surface area (TPSA) is 84.6 Å². The van der Waals surface area contributed by atoms with Crippen LogP contribution in [0.4, 0.5) is 6.01 Å². The molecule has 3 aromatic carbocycles. The Labute approximate surface area is 209 Å². The molecule has 0 aliphatic heterocycles. The molecule has 4 aromatic rings. The van der Waals surface area contributed by atoms with E-state index in [0.29, 0.717) is 31.3 Å². The van der Waals surface area contributed by atoms with E-state index >= 15 is 0 Å². The number of carbonyl (C=O) groups is 1. The van der Waals surface area contributed by atoms with Gasteiger partial charge in [0, 0.05) is 17.7 Å². The number of benzene rings is 3. The highest BCUT2D eigenvalue weighted by Gasteiger charge is 2.34. The summed E-state index contributed by atoms with van der Waals surface area (Å²) in [6.45, 7) is 0.639. The maximum absolute atomic E-state index is 11.1. The molecule has 1 fully saturated rings. The lowest BCUT2D eigenvalue weighted by molar-refractivity contribution is -0.146. The van der Waals surface area contributed by atoms with E-state index in [-0.39, 0.29) is 5.92 Å². The number of oxazole rings is 1. The largest absolute Gasteiger partial charge is 0.481 e. The second-order valence-corrected chi connectivity index (χ2v) is 9.37. The predicted octanol–water partition coefficient (Wildman–Crippen LogP) is 6.89. The zero-order valence-electron chi connectivity index (χ0n) is 19.7. The van der Waals surface area contributed by atoms with Crippen molar-refractivity contribution in [2.24, 2.45) is 11.8 Å².